The van der Waals surface area contributed by atoms with E-state index in [1.165, 1.54) is 0 Å². The molecule has 0 bridgehead atoms. The minimum absolute atomic E-state index is 0.243. The molecule has 0 radical (unpaired) electrons. The number of amides is 2. The first-order valence-electron chi connectivity index (χ1n) is 7.12. The second kappa shape index (κ2) is 7.36. The first-order valence-corrected chi connectivity index (χ1v) is 7.12. The molecule has 1 aromatic heterocycles. The van der Waals surface area contributed by atoms with Crippen LogP contribution in [-0.2, 0) is 11.3 Å². The summed E-state index contributed by atoms with van der Waals surface area (Å²) in [6, 6.07) is 13.8. The molecule has 2 rings (SSSR count). The third kappa shape index (κ3) is 4.41. The molecule has 0 aliphatic rings. The number of rotatable bonds is 5. The Kier molecular flexibility index (Phi) is 5.25. The van der Waals surface area contributed by atoms with Crippen LogP contribution in [0.15, 0.2) is 48.5 Å². The lowest BCUT2D eigenvalue weighted by Gasteiger charge is -2.14. The van der Waals surface area contributed by atoms with Gasteiger partial charge in [0.2, 0.25) is 5.91 Å². The normalized spacial score (nSPS) is 11.5. The van der Waals surface area contributed by atoms with Gasteiger partial charge in [-0.25, -0.2) is 0 Å². The molecule has 2 N–H and O–H groups in total. The molecule has 22 heavy (non-hydrogen) atoms. The zero-order valence-corrected chi connectivity index (χ0v) is 12.7. The highest BCUT2D eigenvalue weighted by Crippen LogP contribution is 2.00. The second-order valence-corrected chi connectivity index (χ2v) is 5.05. The Hall–Kier alpha value is -2.69. The van der Waals surface area contributed by atoms with Gasteiger partial charge in [-0.3, -0.25) is 14.6 Å². The molecule has 0 aliphatic carbocycles. The molecule has 0 saturated carbocycles. The Morgan fingerprint density at radius 3 is 2.50 bits per heavy atom. The maximum Gasteiger partial charge on any atom is 0.251 e. The molecule has 1 heterocycles. The van der Waals surface area contributed by atoms with Crippen LogP contribution in [0.3, 0.4) is 0 Å². The van der Waals surface area contributed by atoms with E-state index in [1.807, 2.05) is 31.2 Å². The van der Waals surface area contributed by atoms with Gasteiger partial charge in [-0.1, -0.05) is 24.3 Å². The number of nitrogens with zero attached hydrogens (tertiary/aromatic N) is 1. The number of nitrogens with one attached hydrogen (secondary N) is 2. The lowest BCUT2D eigenvalue weighted by atomic mass is 10.2. The van der Waals surface area contributed by atoms with Crippen molar-refractivity contribution in [3.05, 3.63) is 65.5 Å². The predicted octanol–water partition coefficient (Wildman–Crippen LogP) is 1.82. The lowest BCUT2D eigenvalue weighted by molar-refractivity contribution is -0.122. The van der Waals surface area contributed by atoms with Crippen LogP contribution in [0, 0.1) is 6.92 Å². The topological polar surface area (TPSA) is 71.1 Å². The van der Waals surface area contributed by atoms with E-state index >= 15 is 0 Å². The zero-order chi connectivity index (χ0) is 15.9. The number of carbonyl (C=O) groups excluding carboxylic acids is 2. The van der Waals surface area contributed by atoms with Crippen molar-refractivity contribution in [2.24, 2.45) is 0 Å². The summed E-state index contributed by atoms with van der Waals surface area (Å²) in [7, 11) is 0. The summed E-state index contributed by atoms with van der Waals surface area (Å²) in [6.45, 7) is 3.89. The molecule has 5 heteroatoms. The summed E-state index contributed by atoms with van der Waals surface area (Å²) in [6.07, 6.45) is 0. The smallest absolute Gasteiger partial charge is 0.251 e. The van der Waals surface area contributed by atoms with Crippen LogP contribution in [0.2, 0.25) is 0 Å². The van der Waals surface area contributed by atoms with Gasteiger partial charge in [-0.2, -0.15) is 0 Å². The Morgan fingerprint density at radius 1 is 1.09 bits per heavy atom. The average Bonchev–Trinajstić information content (AvgIpc) is 2.53. The predicted molar refractivity (Wildman–Crippen MR) is 84.2 cm³/mol. The number of aromatic nitrogens is 1. The van der Waals surface area contributed by atoms with Crippen molar-refractivity contribution < 1.29 is 9.59 Å². The van der Waals surface area contributed by atoms with E-state index < -0.39 is 6.04 Å². The van der Waals surface area contributed by atoms with Crippen LogP contribution < -0.4 is 10.6 Å². The van der Waals surface area contributed by atoms with E-state index in [9.17, 15) is 9.59 Å². The Morgan fingerprint density at radius 2 is 1.82 bits per heavy atom. The molecule has 2 amide bonds. The molecule has 5 nitrogen and oxygen atoms in total. The number of benzene rings is 1. The van der Waals surface area contributed by atoms with Crippen molar-refractivity contribution in [3.8, 4) is 0 Å². The van der Waals surface area contributed by atoms with Crippen molar-refractivity contribution >= 4 is 11.8 Å². The van der Waals surface area contributed by atoms with Gasteiger partial charge in [-0.15, -0.1) is 0 Å². The third-order valence-corrected chi connectivity index (χ3v) is 3.17. The molecule has 0 aliphatic heterocycles. The van der Waals surface area contributed by atoms with Crippen LogP contribution in [0.25, 0.3) is 0 Å². The van der Waals surface area contributed by atoms with Crippen molar-refractivity contribution in [1.29, 1.82) is 0 Å². The zero-order valence-electron chi connectivity index (χ0n) is 12.7. The fraction of sp³-hybridized carbons (Fsp3) is 0.235. The van der Waals surface area contributed by atoms with Crippen LogP contribution in [-0.4, -0.2) is 22.8 Å². The van der Waals surface area contributed by atoms with Crippen LogP contribution in [0.1, 0.15) is 28.7 Å². The monoisotopic (exact) mass is 297 g/mol. The molecule has 1 atom stereocenters. The number of hydrogen-bond donors (Lipinski definition) is 2. The highest BCUT2D eigenvalue weighted by Gasteiger charge is 2.16. The van der Waals surface area contributed by atoms with Crippen LogP contribution >= 0.6 is 0 Å². The van der Waals surface area contributed by atoms with E-state index in [4.69, 9.17) is 0 Å². The van der Waals surface area contributed by atoms with Gasteiger partial charge in [-0.05, 0) is 38.1 Å². The summed E-state index contributed by atoms with van der Waals surface area (Å²) in [5.41, 5.74) is 2.22. The second-order valence-electron chi connectivity index (χ2n) is 5.05. The van der Waals surface area contributed by atoms with Crippen LogP contribution in [0.5, 0.6) is 0 Å². The van der Waals surface area contributed by atoms with Crippen molar-refractivity contribution in [2.75, 3.05) is 0 Å². The maximum atomic E-state index is 12.0. The molecular weight excluding hydrogens is 278 g/mol. The van der Waals surface area contributed by atoms with E-state index in [-0.39, 0.29) is 11.8 Å². The first-order chi connectivity index (χ1) is 10.6. The number of pyridine rings is 1. The Labute approximate surface area is 129 Å². The van der Waals surface area contributed by atoms with Gasteiger partial charge >= 0.3 is 0 Å². The molecule has 1 unspecified atom stereocenters. The number of aryl methyl sites for hydroxylation is 1. The van der Waals surface area contributed by atoms with E-state index in [2.05, 4.69) is 15.6 Å². The van der Waals surface area contributed by atoms with E-state index in [0.717, 1.165) is 11.4 Å². The SMILES string of the molecule is Cc1cccc(CNC(=O)C(C)NC(=O)c2ccccc2)n1. The largest absolute Gasteiger partial charge is 0.349 e. The summed E-state index contributed by atoms with van der Waals surface area (Å²) in [4.78, 5) is 28.3. The molecule has 2 aromatic rings. The Bertz CT molecular complexity index is 656. The fourth-order valence-corrected chi connectivity index (χ4v) is 1.96. The van der Waals surface area contributed by atoms with Crippen molar-refractivity contribution in [1.82, 2.24) is 15.6 Å². The first kappa shape index (κ1) is 15.7. The van der Waals surface area contributed by atoms with Gasteiger partial charge in [0.1, 0.15) is 6.04 Å². The Balaban J connectivity index is 1.86. The number of carbonyl (C=O) groups is 2. The van der Waals surface area contributed by atoms with Gasteiger partial charge < -0.3 is 10.6 Å². The number of hydrogen-bond acceptors (Lipinski definition) is 3. The molecule has 0 spiro atoms. The van der Waals surface area contributed by atoms with Gasteiger partial charge in [0.05, 0.1) is 12.2 Å². The molecule has 114 valence electrons. The summed E-state index contributed by atoms with van der Waals surface area (Å²) in [5.74, 6) is -0.510. The van der Waals surface area contributed by atoms with Crippen molar-refractivity contribution in [2.45, 2.75) is 26.4 Å². The third-order valence-electron chi connectivity index (χ3n) is 3.17. The highest BCUT2D eigenvalue weighted by molar-refractivity contribution is 5.97. The maximum absolute atomic E-state index is 12.0. The quantitative estimate of drug-likeness (QED) is 0.884. The summed E-state index contributed by atoms with van der Waals surface area (Å²) in [5, 5.41) is 5.44. The standard InChI is InChI=1S/C17H19N3O2/c1-12-7-6-10-15(19-12)11-18-16(21)13(2)20-17(22)14-8-4-3-5-9-14/h3-10,13H,11H2,1-2H3,(H,18,21)(H,20,22). The van der Waals surface area contributed by atoms with Crippen molar-refractivity contribution in [3.63, 3.8) is 0 Å². The van der Waals surface area contributed by atoms with Gasteiger partial charge in [0.25, 0.3) is 5.91 Å². The highest BCUT2D eigenvalue weighted by atomic mass is 16.2. The van der Waals surface area contributed by atoms with Crippen LogP contribution in [0.4, 0.5) is 0 Å². The summed E-state index contributed by atoms with van der Waals surface area (Å²) >= 11 is 0. The van der Waals surface area contributed by atoms with Gasteiger partial charge in [0.15, 0.2) is 0 Å². The van der Waals surface area contributed by atoms with E-state index in [0.29, 0.717) is 12.1 Å². The summed E-state index contributed by atoms with van der Waals surface area (Å²) < 4.78 is 0. The average molecular weight is 297 g/mol. The molecule has 1 aromatic carbocycles. The van der Waals surface area contributed by atoms with E-state index in [1.54, 1.807) is 31.2 Å². The minimum atomic E-state index is -0.613. The van der Waals surface area contributed by atoms with Gasteiger partial charge in [0, 0.05) is 11.3 Å². The lowest BCUT2D eigenvalue weighted by Crippen LogP contribution is -2.44. The minimum Gasteiger partial charge on any atom is -0.349 e. The molecule has 0 saturated heterocycles. The molecule has 0 fully saturated rings. The fourth-order valence-electron chi connectivity index (χ4n) is 1.96. The molecular formula is C17H19N3O2.